The number of hydrogen-bond acceptors (Lipinski definition) is 3. The predicted molar refractivity (Wildman–Crippen MR) is 68.9 cm³/mol. The molecule has 0 aromatic carbocycles. The van der Waals surface area contributed by atoms with Crippen LogP contribution < -0.4 is 5.32 Å². The van der Waals surface area contributed by atoms with Crippen molar-refractivity contribution in [3.05, 3.63) is 21.9 Å². The van der Waals surface area contributed by atoms with Crippen molar-refractivity contribution < 1.29 is 4.74 Å². The number of thiophene rings is 1. The van der Waals surface area contributed by atoms with Crippen molar-refractivity contribution in [2.24, 2.45) is 5.92 Å². The molecule has 0 amide bonds. The minimum absolute atomic E-state index is 0.722. The molecule has 2 heterocycles. The zero-order valence-corrected chi connectivity index (χ0v) is 10.8. The van der Waals surface area contributed by atoms with Crippen LogP contribution in [0.15, 0.2) is 12.1 Å². The van der Waals surface area contributed by atoms with Gasteiger partial charge in [0.2, 0.25) is 0 Å². The van der Waals surface area contributed by atoms with Gasteiger partial charge in [0.15, 0.2) is 0 Å². The third-order valence-corrected chi connectivity index (χ3v) is 4.27. The first kappa shape index (κ1) is 12.1. The van der Waals surface area contributed by atoms with Crippen LogP contribution in [0.25, 0.3) is 0 Å². The topological polar surface area (TPSA) is 21.3 Å². The molecule has 1 N–H and O–H groups in total. The third-order valence-electron chi connectivity index (χ3n) is 3.06. The second-order valence-electron chi connectivity index (χ2n) is 4.45. The minimum atomic E-state index is 0.722. The van der Waals surface area contributed by atoms with Gasteiger partial charge in [-0.05, 0) is 43.9 Å². The predicted octanol–water partition coefficient (Wildman–Crippen LogP) is 2.83. The summed E-state index contributed by atoms with van der Waals surface area (Å²) in [4.78, 5) is 2.82. The molecule has 0 saturated carbocycles. The van der Waals surface area contributed by atoms with E-state index in [0.29, 0.717) is 0 Å². The van der Waals surface area contributed by atoms with E-state index in [4.69, 9.17) is 4.74 Å². The fourth-order valence-electron chi connectivity index (χ4n) is 2.08. The van der Waals surface area contributed by atoms with Crippen molar-refractivity contribution in [2.75, 3.05) is 19.7 Å². The second kappa shape index (κ2) is 6.38. The van der Waals surface area contributed by atoms with Gasteiger partial charge in [0.1, 0.15) is 0 Å². The first-order valence-corrected chi connectivity index (χ1v) is 7.06. The van der Waals surface area contributed by atoms with E-state index >= 15 is 0 Å². The highest BCUT2D eigenvalue weighted by molar-refractivity contribution is 7.11. The van der Waals surface area contributed by atoms with Crippen LogP contribution in [0.3, 0.4) is 0 Å². The molecule has 1 atom stereocenters. The number of ether oxygens (including phenoxy) is 1. The summed E-state index contributed by atoms with van der Waals surface area (Å²) in [6.45, 7) is 6.21. The molecule has 0 bridgehead atoms. The Morgan fingerprint density at radius 1 is 1.44 bits per heavy atom. The molecule has 2 nitrogen and oxygen atoms in total. The molecule has 2 rings (SSSR count). The van der Waals surface area contributed by atoms with Crippen LogP contribution in [0, 0.1) is 5.92 Å². The molecule has 0 spiro atoms. The molecule has 90 valence electrons. The summed E-state index contributed by atoms with van der Waals surface area (Å²) in [6.07, 6.45) is 3.75. The van der Waals surface area contributed by atoms with Gasteiger partial charge in [-0.1, -0.05) is 6.92 Å². The van der Waals surface area contributed by atoms with E-state index in [2.05, 4.69) is 24.4 Å². The van der Waals surface area contributed by atoms with Crippen molar-refractivity contribution in [2.45, 2.75) is 32.8 Å². The van der Waals surface area contributed by atoms with E-state index in [1.54, 1.807) is 0 Å². The van der Waals surface area contributed by atoms with Gasteiger partial charge in [0, 0.05) is 16.3 Å². The highest BCUT2D eigenvalue weighted by atomic mass is 32.1. The largest absolute Gasteiger partial charge is 0.376 e. The van der Waals surface area contributed by atoms with E-state index in [0.717, 1.165) is 32.1 Å². The van der Waals surface area contributed by atoms with Gasteiger partial charge in [-0.3, -0.25) is 0 Å². The number of nitrogens with one attached hydrogen (secondary N) is 1. The summed E-state index contributed by atoms with van der Waals surface area (Å²) in [5.41, 5.74) is 0. The summed E-state index contributed by atoms with van der Waals surface area (Å²) < 4.78 is 5.79. The fraction of sp³-hybridized carbons (Fsp3) is 0.692. The van der Waals surface area contributed by atoms with Crippen molar-refractivity contribution in [1.82, 2.24) is 5.32 Å². The van der Waals surface area contributed by atoms with Crippen LogP contribution in [-0.4, -0.2) is 19.7 Å². The second-order valence-corrected chi connectivity index (χ2v) is 5.70. The van der Waals surface area contributed by atoms with E-state index in [-0.39, 0.29) is 0 Å². The van der Waals surface area contributed by atoms with Crippen LogP contribution in [0.1, 0.15) is 29.5 Å². The van der Waals surface area contributed by atoms with E-state index in [9.17, 15) is 0 Å². The van der Waals surface area contributed by atoms with Crippen LogP contribution in [-0.2, 0) is 17.8 Å². The van der Waals surface area contributed by atoms with E-state index in [1.807, 2.05) is 11.3 Å². The molecular formula is C13H21NOS. The van der Waals surface area contributed by atoms with Gasteiger partial charge in [-0.2, -0.15) is 0 Å². The van der Waals surface area contributed by atoms with Gasteiger partial charge >= 0.3 is 0 Å². The SMILES string of the molecule is CCc1ccc(COCC2CCCNC2)s1. The van der Waals surface area contributed by atoms with Crippen LogP contribution in [0.5, 0.6) is 0 Å². The average molecular weight is 239 g/mol. The maximum atomic E-state index is 5.79. The minimum Gasteiger partial charge on any atom is -0.376 e. The van der Waals surface area contributed by atoms with Gasteiger partial charge in [0.25, 0.3) is 0 Å². The quantitative estimate of drug-likeness (QED) is 0.853. The van der Waals surface area contributed by atoms with Crippen LogP contribution in [0.2, 0.25) is 0 Å². The molecule has 1 saturated heterocycles. The summed E-state index contributed by atoms with van der Waals surface area (Å²) in [7, 11) is 0. The lowest BCUT2D eigenvalue weighted by Crippen LogP contribution is -2.32. The number of aryl methyl sites for hydroxylation is 1. The zero-order valence-electron chi connectivity index (χ0n) is 10.00. The maximum absolute atomic E-state index is 5.79. The fourth-order valence-corrected chi connectivity index (χ4v) is 2.98. The Morgan fingerprint density at radius 3 is 3.00 bits per heavy atom. The van der Waals surface area contributed by atoms with Gasteiger partial charge in [-0.15, -0.1) is 11.3 Å². The molecule has 1 aliphatic heterocycles. The molecule has 16 heavy (non-hydrogen) atoms. The monoisotopic (exact) mass is 239 g/mol. The lowest BCUT2D eigenvalue weighted by Gasteiger charge is -2.22. The Kier molecular flexibility index (Phi) is 4.82. The number of piperidine rings is 1. The summed E-state index contributed by atoms with van der Waals surface area (Å²) in [5.74, 6) is 0.722. The summed E-state index contributed by atoms with van der Waals surface area (Å²) in [5, 5.41) is 3.42. The van der Waals surface area contributed by atoms with E-state index < -0.39 is 0 Å². The highest BCUT2D eigenvalue weighted by Crippen LogP contribution is 2.18. The first-order chi connectivity index (χ1) is 7.88. The Hall–Kier alpha value is -0.380. The zero-order chi connectivity index (χ0) is 11.2. The molecule has 1 unspecified atom stereocenters. The standard InChI is InChI=1S/C13H21NOS/c1-2-12-5-6-13(16-12)10-15-9-11-4-3-7-14-8-11/h5-6,11,14H,2-4,7-10H2,1H3. The summed E-state index contributed by atoms with van der Waals surface area (Å²) in [6, 6.07) is 4.41. The van der Waals surface area contributed by atoms with Crippen molar-refractivity contribution in [3.63, 3.8) is 0 Å². The van der Waals surface area contributed by atoms with Crippen LogP contribution in [0.4, 0.5) is 0 Å². The molecule has 3 heteroatoms. The Morgan fingerprint density at radius 2 is 2.31 bits per heavy atom. The lowest BCUT2D eigenvalue weighted by molar-refractivity contribution is 0.0799. The molecule has 0 aliphatic carbocycles. The normalized spacial score (nSPS) is 21.2. The Bertz CT molecular complexity index is 305. The molecule has 1 aromatic rings. The highest BCUT2D eigenvalue weighted by Gasteiger charge is 2.12. The average Bonchev–Trinajstić information content (AvgIpc) is 2.78. The third kappa shape index (κ3) is 3.58. The van der Waals surface area contributed by atoms with Crippen molar-refractivity contribution in [3.8, 4) is 0 Å². The molecule has 1 aliphatic rings. The van der Waals surface area contributed by atoms with Crippen LogP contribution >= 0.6 is 11.3 Å². The number of hydrogen-bond donors (Lipinski definition) is 1. The van der Waals surface area contributed by atoms with Gasteiger partial charge < -0.3 is 10.1 Å². The Balaban J connectivity index is 1.66. The molecular weight excluding hydrogens is 218 g/mol. The molecule has 1 aromatic heterocycles. The molecule has 0 radical (unpaired) electrons. The smallest absolute Gasteiger partial charge is 0.0809 e. The number of rotatable bonds is 5. The Labute approximate surface area is 102 Å². The molecule has 1 fully saturated rings. The van der Waals surface area contributed by atoms with Crippen molar-refractivity contribution in [1.29, 1.82) is 0 Å². The van der Waals surface area contributed by atoms with Gasteiger partial charge in [-0.25, -0.2) is 0 Å². The lowest BCUT2D eigenvalue weighted by atomic mass is 10.0. The summed E-state index contributed by atoms with van der Waals surface area (Å²) >= 11 is 1.88. The maximum Gasteiger partial charge on any atom is 0.0809 e. The van der Waals surface area contributed by atoms with Crippen molar-refractivity contribution >= 4 is 11.3 Å². The van der Waals surface area contributed by atoms with Gasteiger partial charge in [0.05, 0.1) is 13.2 Å². The first-order valence-electron chi connectivity index (χ1n) is 6.24. The van der Waals surface area contributed by atoms with E-state index in [1.165, 1.54) is 29.1 Å².